The molecule has 3 heterocycles. The van der Waals surface area contributed by atoms with Crippen LogP contribution in [0.4, 0.5) is 27.8 Å². The number of ether oxygens (including phenoxy) is 2. The van der Waals surface area contributed by atoms with Crippen molar-refractivity contribution >= 4 is 5.82 Å². The molecule has 0 atom stereocenters. The summed E-state index contributed by atoms with van der Waals surface area (Å²) in [5, 5.41) is 3.15. The number of nitrogens with zero attached hydrogens (tertiary/aromatic N) is 3. The van der Waals surface area contributed by atoms with Crippen molar-refractivity contribution in [1.82, 2.24) is 14.5 Å². The van der Waals surface area contributed by atoms with E-state index in [0.29, 0.717) is 18.4 Å². The van der Waals surface area contributed by atoms with Crippen LogP contribution in [-0.2, 0) is 19.3 Å². The van der Waals surface area contributed by atoms with Gasteiger partial charge in [-0.2, -0.15) is 18.2 Å². The smallest absolute Gasteiger partial charge is 0.433 e. The Morgan fingerprint density at radius 1 is 1.15 bits per heavy atom. The Morgan fingerprint density at radius 2 is 1.85 bits per heavy atom. The molecule has 0 amide bonds. The maximum absolute atomic E-state index is 14.4. The molecular formula is C21H17F5N4O3. The third-order valence-electron chi connectivity index (χ3n) is 4.69. The van der Waals surface area contributed by atoms with Gasteiger partial charge in [-0.25, -0.2) is 13.6 Å². The second-order valence-electron chi connectivity index (χ2n) is 8.01. The van der Waals surface area contributed by atoms with Crippen LogP contribution in [0, 0.1) is 11.6 Å². The summed E-state index contributed by atoms with van der Waals surface area (Å²) in [6.07, 6.45) is -3.92. The first-order valence-electron chi connectivity index (χ1n) is 9.63. The SMILES string of the molecule is CC1(C)Cn2c(cc(OCc3cc(F)c(Oc4ccnc(C(F)(F)F)c4)c(F)c3)nc2=O)N1. The van der Waals surface area contributed by atoms with Crippen LogP contribution in [0.1, 0.15) is 25.1 Å². The standard InChI is InChI=1S/C21H17F5N4O3/c1-20(2)10-30-16(29-20)8-17(28-19(30)31)32-9-11-5-13(22)18(14(23)6-11)33-12-3-4-27-15(7-12)21(24,25)26/h3-8,29H,9-10H2,1-2H3. The fourth-order valence-corrected chi connectivity index (χ4v) is 3.29. The molecule has 33 heavy (non-hydrogen) atoms. The third-order valence-corrected chi connectivity index (χ3v) is 4.69. The van der Waals surface area contributed by atoms with E-state index in [9.17, 15) is 26.7 Å². The van der Waals surface area contributed by atoms with E-state index in [1.165, 1.54) is 10.6 Å². The van der Waals surface area contributed by atoms with Crippen LogP contribution < -0.4 is 20.5 Å². The summed E-state index contributed by atoms with van der Waals surface area (Å²) >= 11 is 0. The van der Waals surface area contributed by atoms with Gasteiger partial charge in [0.25, 0.3) is 0 Å². The Morgan fingerprint density at radius 3 is 2.52 bits per heavy atom. The predicted octanol–water partition coefficient (Wildman–Crippen LogP) is 4.51. The first kappa shape index (κ1) is 22.5. The van der Waals surface area contributed by atoms with Gasteiger partial charge < -0.3 is 14.8 Å². The molecule has 0 spiro atoms. The first-order valence-corrected chi connectivity index (χ1v) is 9.63. The van der Waals surface area contributed by atoms with Crippen molar-refractivity contribution in [3.63, 3.8) is 0 Å². The molecule has 0 bridgehead atoms. The minimum atomic E-state index is -4.74. The number of hydrogen-bond donors (Lipinski definition) is 1. The van der Waals surface area contributed by atoms with Gasteiger partial charge in [-0.3, -0.25) is 9.55 Å². The zero-order valence-electron chi connectivity index (χ0n) is 17.3. The van der Waals surface area contributed by atoms with Gasteiger partial charge in [0.05, 0.1) is 12.1 Å². The third kappa shape index (κ3) is 4.89. The summed E-state index contributed by atoms with van der Waals surface area (Å²) in [5.74, 6) is -3.13. The minimum Gasteiger partial charge on any atom is -0.473 e. The average Bonchev–Trinajstić information content (AvgIpc) is 3.03. The molecule has 4 rings (SSSR count). The highest BCUT2D eigenvalue weighted by Crippen LogP contribution is 2.33. The normalized spacial score (nSPS) is 14.5. The largest absolute Gasteiger partial charge is 0.473 e. The molecule has 0 unspecified atom stereocenters. The molecule has 12 heteroatoms. The molecule has 1 N–H and O–H groups in total. The van der Waals surface area contributed by atoms with Gasteiger partial charge in [0.2, 0.25) is 5.88 Å². The van der Waals surface area contributed by atoms with Crippen molar-refractivity contribution in [3.05, 3.63) is 69.9 Å². The lowest BCUT2D eigenvalue weighted by molar-refractivity contribution is -0.141. The van der Waals surface area contributed by atoms with Crippen molar-refractivity contribution in [1.29, 1.82) is 0 Å². The van der Waals surface area contributed by atoms with Gasteiger partial charge in [0, 0.05) is 18.3 Å². The van der Waals surface area contributed by atoms with Gasteiger partial charge in [-0.1, -0.05) is 0 Å². The number of pyridine rings is 1. The van der Waals surface area contributed by atoms with E-state index in [-0.39, 0.29) is 23.6 Å². The maximum atomic E-state index is 14.4. The number of hydrogen-bond acceptors (Lipinski definition) is 6. The van der Waals surface area contributed by atoms with Crippen LogP contribution >= 0.6 is 0 Å². The molecule has 7 nitrogen and oxygen atoms in total. The number of aromatic nitrogens is 3. The van der Waals surface area contributed by atoms with Gasteiger partial charge in [-0.15, -0.1) is 0 Å². The van der Waals surface area contributed by atoms with Crippen LogP contribution in [0.25, 0.3) is 0 Å². The number of benzene rings is 1. The summed E-state index contributed by atoms with van der Waals surface area (Å²) in [6, 6.07) is 4.89. The molecule has 0 fully saturated rings. The molecule has 174 valence electrons. The maximum Gasteiger partial charge on any atom is 0.433 e. The number of anilines is 1. The number of halogens is 5. The summed E-state index contributed by atoms with van der Waals surface area (Å²) < 4.78 is 79.1. The van der Waals surface area contributed by atoms with Crippen molar-refractivity contribution in [3.8, 4) is 17.4 Å². The molecule has 3 aromatic rings. The Hall–Kier alpha value is -3.70. The first-order chi connectivity index (χ1) is 15.4. The van der Waals surface area contributed by atoms with Gasteiger partial charge in [-0.05, 0) is 37.6 Å². The van der Waals surface area contributed by atoms with Crippen molar-refractivity contribution in [2.24, 2.45) is 0 Å². The van der Waals surface area contributed by atoms with Crippen LogP contribution in [0.15, 0.2) is 41.3 Å². The Balaban J connectivity index is 1.50. The average molecular weight is 468 g/mol. The van der Waals surface area contributed by atoms with E-state index in [4.69, 9.17) is 9.47 Å². The Bertz CT molecular complexity index is 1250. The van der Waals surface area contributed by atoms with E-state index < -0.39 is 40.7 Å². The second-order valence-corrected chi connectivity index (χ2v) is 8.01. The van der Waals surface area contributed by atoms with Crippen molar-refractivity contribution in [2.75, 3.05) is 5.32 Å². The van der Waals surface area contributed by atoms with Crippen LogP contribution in [0.3, 0.4) is 0 Å². The molecule has 1 aromatic carbocycles. The predicted molar refractivity (Wildman–Crippen MR) is 106 cm³/mol. The lowest BCUT2D eigenvalue weighted by atomic mass is 10.1. The van der Waals surface area contributed by atoms with E-state index in [1.807, 2.05) is 13.8 Å². The molecule has 0 radical (unpaired) electrons. The van der Waals surface area contributed by atoms with Crippen LogP contribution in [0.5, 0.6) is 17.4 Å². The minimum absolute atomic E-state index is 0.0333. The zero-order chi connectivity index (χ0) is 24.0. The second kappa shape index (κ2) is 8.01. The molecular weight excluding hydrogens is 451 g/mol. The van der Waals surface area contributed by atoms with Crippen molar-refractivity contribution in [2.45, 2.75) is 38.7 Å². The summed E-state index contributed by atoms with van der Waals surface area (Å²) in [4.78, 5) is 19.1. The highest BCUT2D eigenvalue weighted by molar-refractivity contribution is 5.45. The molecule has 2 aromatic heterocycles. The number of rotatable bonds is 5. The molecule has 0 saturated heterocycles. The van der Waals surface area contributed by atoms with Crippen molar-refractivity contribution < 1.29 is 31.4 Å². The molecule has 0 aliphatic carbocycles. The zero-order valence-corrected chi connectivity index (χ0v) is 17.3. The number of nitrogens with one attached hydrogen (secondary N) is 1. The lowest BCUT2D eigenvalue weighted by Gasteiger charge is -2.16. The lowest BCUT2D eigenvalue weighted by Crippen LogP contribution is -2.30. The topological polar surface area (TPSA) is 78.3 Å². The highest BCUT2D eigenvalue weighted by Gasteiger charge is 2.33. The highest BCUT2D eigenvalue weighted by atomic mass is 19.4. The fourth-order valence-electron chi connectivity index (χ4n) is 3.29. The summed E-state index contributed by atoms with van der Waals surface area (Å²) in [7, 11) is 0. The van der Waals surface area contributed by atoms with Gasteiger partial charge in [0.15, 0.2) is 17.4 Å². The Kier molecular flexibility index (Phi) is 5.46. The Labute approximate surface area is 183 Å². The van der Waals surface area contributed by atoms with Gasteiger partial charge in [0.1, 0.15) is 23.9 Å². The van der Waals surface area contributed by atoms with E-state index in [0.717, 1.165) is 24.4 Å². The quantitative estimate of drug-likeness (QED) is 0.556. The fraction of sp³-hybridized carbons (Fsp3) is 0.286. The number of fused-ring (bicyclic) bond motifs is 1. The molecule has 1 aliphatic rings. The van der Waals surface area contributed by atoms with Crippen LogP contribution in [-0.4, -0.2) is 20.1 Å². The summed E-state index contributed by atoms with van der Waals surface area (Å²) in [5.41, 5.74) is -2.08. The van der Waals surface area contributed by atoms with Gasteiger partial charge >= 0.3 is 11.9 Å². The van der Waals surface area contributed by atoms with Crippen LogP contribution in [0.2, 0.25) is 0 Å². The van der Waals surface area contributed by atoms with E-state index in [2.05, 4.69) is 15.3 Å². The monoisotopic (exact) mass is 468 g/mol. The molecule has 1 aliphatic heterocycles. The number of alkyl halides is 3. The van der Waals surface area contributed by atoms with E-state index >= 15 is 0 Å². The van der Waals surface area contributed by atoms with E-state index in [1.54, 1.807) is 0 Å². The summed E-state index contributed by atoms with van der Waals surface area (Å²) in [6.45, 7) is 3.92. The molecule has 0 saturated carbocycles.